The van der Waals surface area contributed by atoms with Gasteiger partial charge in [0, 0.05) is 5.56 Å². The van der Waals surface area contributed by atoms with Gasteiger partial charge >= 0.3 is 18.9 Å². The van der Waals surface area contributed by atoms with E-state index in [1.165, 1.54) is 5.39 Å². The molecule has 0 amide bonds. The van der Waals surface area contributed by atoms with E-state index < -0.39 is 0 Å². The maximum atomic E-state index is 10.5. The van der Waals surface area contributed by atoms with Crippen molar-refractivity contribution in [2.24, 2.45) is 0 Å². The van der Waals surface area contributed by atoms with Gasteiger partial charge in [0.15, 0.2) is 0 Å². The van der Waals surface area contributed by atoms with Gasteiger partial charge in [0.05, 0.1) is 0 Å². The van der Waals surface area contributed by atoms with Gasteiger partial charge in [-0.15, -0.1) is 0 Å². The number of carbonyl (C=O) groups is 1. The zero-order valence-electron chi connectivity index (χ0n) is 8.53. The van der Waals surface area contributed by atoms with E-state index in [1.807, 2.05) is 42.5 Å². The molecule has 0 fully saturated rings. The fourth-order valence-corrected chi connectivity index (χ4v) is 1.28. The smallest absolute Gasteiger partial charge is 1.00 e. The zero-order chi connectivity index (χ0) is 8.39. The summed E-state index contributed by atoms with van der Waals surface area (Å²) >= 11 is 0. The average Bonchev–Trinajstić information content (AvgIpc) is 2.17. The Morgan fingerprint density at radius 3 is 2.38 bits per heavy atom. The summed E-state index contributed by atoms with van der Waals surface area (Å²) in [6, 6.07) is 13.7. The molecule has 2 heteroatoms. The van der Waals surface area contributed by atoms with Crippen molar-refractivity contribution >= 4 is 17.1 Å². The molecule has 0 aromatic heterocycles. The van der Waals surface area contributed by atoms with Crippen molar-refractivity contribution in [3.05, 3.63) is 48.0 Å². The minimum absolute atomic E-state index is 0. The van der Waals surface area contributed by atoms with Crippen molar-refractivity contribution in [3.63, 3.8) is 0 Å². The molecule has 0 aliphatic carbocycles. The molecular formula is C11H9LiO. The van der Waals surface area contributed by atoms with Gasteiger partial charge in [-0.25, -0.2) is 0 Å². The molecule has 0 unspecified atom stereocenters. The molecule has 13 heavy (non-hydrogen) atoms. The molecular weight excluding hydrogens is 155 g/mol. The molecule has 0 radical (unpaired) electrons. The summed E-state index contributed by atoms with van der Waals surface area (Å²) in [4.78, 5) is 10.5. The molecule has 60 valence electrons. The van der Waals surface area contributed by atoms with E-state index in [4.69, 9.17) is 0 Å². The van der Waals surface area contributed by atoms with Gasteiger partial charge in [0.1, 0.15) is 6.29 Å². The Hall–Kier alpha value is -1.03. The van der Waals surface area contributed by atoms with Crippen LogP contribution in [0.15, 0.2) is 42.5 Å². The molecule has 1 nitrogen and oxygen atoms in total. The number of fused-ring (bicyclic) bond motifs is 1. The van der Waals surface area contributed by atoms with E-state index in [9.17, 15) is 4.79 Å². The van der Waals surface area contributed by atoms with Gasteiger partial charge in [0.2, 0.25) is 0 Å². The number of benzene rings is 2. The van der Waals surface area contributed by atoms with Gasteiger partial charge in [-0.3, -0.25) is 4.79 Å². The Labute approximate surface area is 90.4 Å². The van der Waals surface area contributed by atoms with Crippen molar-refractivity contribution in [2.75, 3.05) is 0 Å². The predicted molar refractivity (Wildman–Crippen MR) is 50.4 cm³/mol. The summed E-state index contributed by atoms with van der Waals surface area (Å²) in [5.74, 6) is 0. The van der Waals surface area contributed by atoms with Crippen molar-refractivity contribution in [1.82, 2.24) is 0 Å². The molecule has 2 aromatic rings. The van der Waals surface area contributed by atoms with E-state index in [-0.39, 0.29) is 20.3 Å². The zero-order valence-corrected chi connectivity index (χ0v) is 7.53. The van der Waals surface area contributed by atoms with Crippen LogP contribution in [0.3, 0.4) is 0 Å². The molecule has 0 atom stereocenters. The van der Waals surface area contributed by atoms with E-state index >= 15 is 0 Å². The molecule has 0 aliphatic heterocycles. The molecule has 2 aromatic carbocycles. The van der Waals surface area contributed by atoms with Crippen molar-refractivity contribution in [2.45, 2.75) is 0 Å². The summed E-state index contributed by atoms with van der Waals surface area (Å²) in [6.07, 6.45) is 0.867. The maximum Gasteiger partial charge on any atom is 1.00 e. The Bertz CT molecular complexity index is 428. The van der Waals surface area contributed by atoms with Crippen molar-refractivity contribution < 1.29 is 25.1 Å². The molecule has 0 spiro atoms. The molecule has 0 aliphatic rings. The second-order valence-electron chi connectivity index (χ2n) is 2.72. The normalized spacial score (nSPS) is 9.23. The van der Waals surface area contributed by atoms with Crippen LogP contribution in [0.4, 0.5) is 0 Å². The Morgan fingerprint density at radius 1 is 1.00 bits per heavy atom. The third kappa shape index (κ3) is 2.01. The van der Waals surface area contributed by atoms with Crippen LogP contribution in [0.1, 0.15) is 11.8 Å². The maximum absolute atomic E-state index is 10.5. The molecule has 0 N–H and O–H groups in total. The molecule has 2 rings (SSSR count). The van der Waals surface area contributed by atoms with E-state index in [1.54, 1.807) is 0 Å². The monoisotopic (exact) mass is 164 g/mol. The van der Waals surface area contributed by atoms with E-state index in [0.717, 1.165) is 17.2 Å². The fraction of sp³-hybridized carbons (Fsp3) is 0. The topological polar surface area (TPSA) is 17.1 Å². The minimum atomic E-state index is 0. The summed E-state index contributed by atoms with van der Waals surface area (Å²) < 4.78 is 0. The van der Waals surface area contributed by atoms with E-state index in [2.05, 4.69) is 0 Å². The first-order valence-electron chi connectivity index (χ1n) is 3.84. The Kier molecular flexibility index (Phi) is 3.30. The van der Waals surface area contributed by atoms with Gasteiger partial charge < -0.3 is 1.43 Å². The number of carbonyl (C=O) groups excluding carboxylic acids is 1. The van der Waals surface area contributed by atoms with Crippen LogP contribution in [0.2, 0.25) is 0 Å². The SMILES string of the molecule is O=Cc1ccc2ccccc2c1.[H-].[Li+]. The van der Waals surface area contributed by atoms with Crippen LogP contribution < -0.4 is 18.9 Å². The summed E-state index contributed by atoms with van der Waals surface area (Å²) in [5.41, 5.74) is 0.730. The third-order valence-corrected chi connectivity index (χ3v) is 1.91. The number of hydrogen-bond donors (Lipinski definition) is 0. The van der Waals surface area contributed by atoms with Crippen LogP contribution in [-0.2, 0) is 0 Å². The van der Waals surface area contributed by atoms with Gasteiger partial charge in [0.25, 0.3) is 0 Å². The first-order chi connectivity index (χ1) is 5.90. The van der Waals surface area contributed by atoms with Crippen molar-refractivity contribution in [1.29, 1.82) is 0 Å². The van der Waals surface area contributed by atoms with Gasteiger partial charge in [-0.2, -0.15) is 0 Å². The number of aldehydes is 1. The Morgan fingerprint density at radius 2 is 1.69 bits per heavy atom. The van der Waals surface area contributed by atoms with Gasteiger partial charge in [-0.05, 0) is 16.8 Å². The van der Waals surface area contributed by atoms with Crippen LogP contribution in [0.25, 0.3) is 10.8 Å². The van der Waals surface area contributed by atoms with Crippen LogP contribution >= 0.6 is 0 Å². The predicted octanol–water partition coefficient (Wildman–Crippen LogP) is -0.231. The fourth-order valence-electron chi connectivity index (χ4n) is 1.28. The quantitative estimate of drug-likeness (QED) is 0.420. The van der Waals surface area contributed by atoms with Crippen molar-refractivity contribution in [3.8, 4) is 0 Å². The molecule has 0 heterocycles. The third-order valence-electron chi connectivity index (χ3n) is 1.91. The standard InChI is InChI=1S/C11H8O.Li.H/c12-8-9-5-6-10-3-1-2-4-11(10)7-9;;/h1-8H;;/q;+1;-1. The summed E-state index contributed by atoms with van der Waals surface area (Å²) in [7, 11) is 0. The van der Waals surface area contributed by atoms with Crippen LogP contribution in [-0.4, -0.2) is 6.29 Å². The average molecular weight is 164 g/mol. The number of rotatable bonds is 1. The molecule has 0 bridgehead atoms. The largest absolute Gasteiger partial charge is 1.00 e. The Balaban J connectivity index is 0.000000845. The van der Waals surface area contributed by atoms with E-state index in [0.29, 0.717) is 0 Å². The first kappa shape index (κ1) is 10.1. The second kappa shape index (κ2) is 4.27. The molecule has 0 saturated heterocycles. The van der Waals surface area contributed by atoms with Gasteiger partial charge in [-0.1, -0.05) is 36.4 Å². The van der Waals surface area contributed by atoms with Crippen LogP contribution in [0.5, 0.6) is 0 Å². The minimum Gasteiger partial charge on any atom is -1.00 e. The summed E-state index contributed by atoms with van der Waals surface area (Å²) in [6.45, 7) is 0. The molecule has 0 saturated carbocycles. The second-order valence-corrected chi connectivity index (χ2v) is 2.72. The first-order valence-corrected chi connectivity index (χ1v) is 3.84. The van der Waals surface area contributed by atoms with Crippen LogP contribution in [0, 0.1) is 0 Å². The number of hydrogen-bond acceptors (Lipinski definition) is 1. The summed E-state index contributed by atoms with van der Waals surface area (Å²) in [5, 5.41) is 2.28.